The van der Waals surface area contributed by atoms with Gasteiger partial charge in [-0.3, -0.25) is 0 Å². The molecule has 0 aromatic heterocycles. The topological polar surface area (TPSA) is 0 Å². The lowest BCUT2D eigenvalue weighted by Crippen LogP contribution is -1.93. The Morgan fingerprint density at radius 1 is 0.172 bits per heavy atom. The van der Waals surface area contributed by atoms with Crippen LogP contribution in [0.2, 0.25) is 0 Å². The molecule has 0 amide bonds. The zero-order valence-corrected chi connectivity index (χ0v) is 35.1. The van der Waals surface area contributed by atoms with Gasteiger partial charge in [-0.2, -0.15) is 0 Å². The molecule has 13 aromatic carbocycles. The molecule has 13 rings (SSSR count). The van der Waals surface area contributed by atoms with E-state index in [0.717, 1.165) is 0 Å². The van der Waals surface area contributed by atoms with Crippen molar-refractivity contribution in [3.8, 4) is 55.6 Å². The van der Waals surface area contributed by atoms with Gasteiger partial charge in [0.1, 0.15) is 0 Å². The van der Waals surface area contributed by atoms with Gasteiger partial charge < -0.3 is 0 Å². The standard InChI is InChI=1S/C64H40/c1-3-16-44-35-48(30-27-41(44)13-1)46-18-11-20-51(37-46)63-57-25-9-10-26-58(57)64(52-21-12-19-47(38-52)49-31-28-42-14-2-4-17-45(42)36-49)61-39-50(33-34-59(61)63)60-40-53-32-29-43-15-5-6-22-54(43)62(53)56-24-8-7-23-55(56)60/h1-40H. The lowest BCUT2D eigenvalue weighted by Gasteiger charge is -2.20. The van der Waals surface area contributed by atoms with Crippen LogP contribution in [0.5, 0.6) is 0 Å². The number of hydrogen-bond donors (Lipinski definition) is 0. The first-order valence-electron chi connectivity index (χ1n) is 22.2. The Morgan fingerprint density at radius 2 is 0.594 bits per heavy atom. The minimum absolute atomic E-state index is 1.20. The smallest absolute Gasteiger partial charge is 0.00259 e. The van der Waals surface area contributed by atoms with E-state index >= 15 is 0 Å². The summed E-state index contributed by atoms with van der Waals surface area (Å²) in [5, 5.41) is 17.6. The highest BCUT2D eigenvalue weighted by atomic mass is 14.2. The van der Waals surface area contributed by atoms with Crippen LogP contribution < -0.4 is 0 Å². The minimum atomic E-state index is 1.20. The van der Waals surface area contributed by atoms with E-state index in [1.165, 1.54) is 131 Å². The van der Waals surface area contributed by atoms with E-state index in [1.807, 2.05) is 0 Å². The van der Waals surface area contributed by atoms with Gasteiger partial charge in [-0.25, -0.2) is 0 Å². The summed E-state index contributed by atoms with van der Waals surface area (Å²) in [6.45, 7) is 0. The third-order valence-corrected chi connectivity index (χ3v) is 13.6. The molecule has 0 saturated heterocycles. The zero-order valence-electron chi connectivity index (χ0n) is 35.1. The SMILES string of the molecule is c1cc(-c2ccc3ccccc3c2)cc(-c2c3ccccc3c(-c3cccc(-c4ccc5ccccc5c4)c3)c3cc(-c4cc5ccc6ccccc6c5c5ccccc45)ccc23)c1. The Labute approximate surface area is 371 Å². The van der Waals surface area contributed by atoms with Gasteiger partial charge in [0.05, 0.1) is 0 Å². The molecule has 0 heteroatoms. The van der Waals surface area contributed by atoms with Crippen molar-refractivity contribution < 1.29 is 0 Å². The predicted molar refractivity (Wildman–Crippen MR) is 276 cm³/mol. The Morgan fingerprint density at radius 3 is 1.22 bits per heavy atom. The van der Waals surface area contributed by atoms with Gasteiger partial charge in [-0.1, -0.05) is 206 Å². The van der Waals surface area contributed by atoms with Crippen LogP contribution >= 0.6 is 0 Å². The van der Waals surface area contributed by atoms with Gasteiger partial charge in [0.25, 0.3) is 0 Å². The van der Waals surface area contributed by atoms with E-state index in [4.69, 9.17) is 0 Å². The predicted octanol–water partition coefficient (Wildman–Crippen LogP) is 18.1. The quantitative estimate of drug-likeness (QED) is 0.120. The lowest BCUT2D eigenvalue weighted by molar-refractivity contribution is 1.61. The highest BCUT2D eigenvalue weighted by Crippen LogP contribution is 2.47. The Bertz CT molecular complexity index is 4020. The van der Waals surface area contributed by atoms with Gasteiger partial charge in [0, 0.05) is 0 Å². The zero-order chi connectivity index (χ0) is 42.1. The van der Waals surface area contributed by atoms with Crippen molar-refractivity contribution in [2.24, 2.45) is 0 Å². The fourth-order valence-corrected chi connectivity index (χ4v) is 10.5. The number of rotatable bonds is 5. The molecule has 0 unspecified atom stereocenters. The van der Waals surface area contributed by atoms with Crippen molar-refractivity contribution in [1.29, 1.82) is 0 Å². The molecular weight excluding hydrogens is 769 g/mol. The molecular formula is C64H40. The van der Waals surface area contributed by atoms with Crippen LogP contribution in [0.3, 0.4) is 0 Å². The first kappa shape index (κ1) is 36.3. The van der Waals surface area contributed by atoms with E-state index in [9.17, 15) is 0 Å². The molecule has 0 spiro atoms. The van der Waals surface area contributed by atoms with Gasteiger partial charge in [0.2, 0.25) is 0 Å². The largest absolute Gasteiger partial charge is 0.0616 e. The minimum Gasteiger partial charge on any atom is -0.0616 e. The van der Waals surface area contributed by atoms with E-state index in [0.29, 0.717) is 0 Å². The summed E-state index contributed by atoms with van der Waals surface area (Å²) in [4.78, 5) is 0. The Balaban J connectivity index is 1.08. The van der Waals surface area contributed by atoms with E-state index in [1.54, 1.807) is 0 Å². The third kappa shape index (κ3) is 5.92. The molecule has 0 radical (unpaired) electrons. The summed E-state index contributed by atoms with van der Waals surface area (Å²) in [7, 11) is 0. The highest BCUT2D eigenvalue weighted by Gasteiger charge is 2.20. The molecule has 0 N–H and O–H groups in total. The molecule has 0 aliphatic carbocycles. The molecule has 0 bridgehead atoms. The van der Waals surface area contributed by atoms with Crippen molar-refractivity contribution >= 4 is 75.4 Å². The van der Waals surface area contributed by atoms with E-state index in [2.05, 4.69) is 243 Å². The number of hydrogen-bond acceptors (Lipinski definition) is 0. The van der Waals surface area contributed by atoms with Crippen LogP contribution in [0, 0.1) is 0 Å². The molecule has 296 valence electrons. The van der Waals surface area contributed by atoms with Crippen LogP contribution in [0.4, 0.5) is 0 Å². The maximum atomic E-state index is 2.48. The van der Waals surface area contributed by atoms with Crippen LogP contribution in [0.25, 0.3) is 131 Å². The summed E-state index contributed by atoms with van der Waals surface area (Å²) in [6, 6.07) is 90.2. The van der Waals surface area contributed by atoms with E-state index in [-0.39, 0.29) is 0 Å². The first-order valence-corrected chi connectivity index (χ1v) is 22.2. The van der Waals surface area contributed by atoms with Crippen LogP contribution in [0.15, 0.2) is 243 Å². The normalized spacial score (nSPS) is 11.8. The van der Waals surface area contributed by atoms with Gasteiger partial charge >= 0.3 is 0 Å². The average Bonchev–Trinajstić information content (AvgIpc) is 3.37. The molecule has 0 aliphatic rings. The van der Waals surface area contributed by atoms with Crippen LogP contribution in [-0.2, 0) is 0 Å². The van der Waals surface area contributed by atoms with Gasteiger partial charge in [0.15, 0.2) is 0 Å². The Hall–Kier alpha value is -8.32. The molecule has 64 heavy (non-hydrogen) atoms. The monoisotopic (exact) mass is 808 g/mol. The molecule has 0 fully saturated rings. The first-order chi connectivity index (χ1) is 31.7. The molecule has 0 heterocycles. The second-order valence-corrected chi connectivity index (χ2v) is 17.2. The maximum absolute atomic E-state index is 2.48. The Kier molecular flexibility index (Phi) is 8.32. The van der Waals surface area contributed by atoms with E-state index < -0.39 is 0 Å². The molecule has 0 aliphatic heterocycles. The molecule has 0 atom stereocenters. The van der Waals surface area contributed by atoms with Gasteiger partial charge in [-0.15, -0.1) is 0 Å². The molecule has 0 nitrogen and oxygen atoms in total. The maximum Gasteiger partial charge on any atom is -0.00259 e. The fourth-order valence-electron chi connectivity index (χ4n) is 10.5. The third-order valence-electron chi connectivity index (χ3n) is 13.6. The lowest BCUT2D eigenvalue weighted by atomic mass is 9.83. The van der Waals surface area contributed by atoms with Crippen LogP contribution in [0.1, 0.15) is 0 Å². The highest BCUT2D eigenvalue weighted by molar-refractivity contribution is 6.25. The molecule has 0 saturated carbocycles. The number of fused-ring (bicyclic) bond motifs is 9. The fraction of sp³-hybridized carbons (Fsp3) is 0. The summed E-state index contributed by atoms with van der Waals surface area (Å²) < 4.78 is 0. The summed E-state index contributed by atoms with van der Waals surface area (Å²) in [5.41, 5.74) is 12.2. The van der Waals surface area contributed by atoms with Gasteiger partial charge in [-0.05, 0) is 167 Å². The summed E-state index contributed by atoms with van der Waals surface area (Å²) in [6.07, 6.45) is 0. The van der Waals surface area contributed by atoms with Crippen molar-refractivity contribution in [3.05, 3.63) is 243 Å². The second kappa shape index (κ2) is 14.7. The van der Waals surface area contributed by atoms with Crippen molar-refractivity contribution in [2.45, 2.75) is 0 Å². The second-order valence-electron chi connectivity index (χ2n) is 17.2. The van der Waals surface area contributed by atoms with Crippen molar-refractivity contribution in [2.75, 3.05) is 0 Å². The number of benzene rings is 13. The molecule has 13 aromatic rings. The van der Waals surface area contributed by atoms with Crippen molar-refractivity contribution in [1.82, 2.24) is 0 Å². The van der Waals surface area contributed by atoms with Crippen molar-refractivity contribution in [3.63, 3.8) is 0 Å². The van der Waals surface area contributed by atoms with Crippen LogP contribution in [-0.4, -0.2) is 0 Å². The summed E-state index contributed by atoms with van der Waals surface area (Å²) in [5.74, 6) is 0. The average molecular weight is 809 g/mol. The summed E-state index contributed by atoms with van der Waals surface area (Å²) >= 11 is 0.